The maximum Gasteiger partial charge on any atom is 0 e. The molecule has 0 saturated carbocycles. The Morgan fingerprint density at radius 3 is 0.385 bits per heavy atom. The summed E-state index contributed by atoms with van der Waals surface area (Å²) in [5.41, 5.74) is 0. The third kappa shape index (κ3) is 1300. The van der Waals surface area contributed by atoms with Crippen LogP contribution in [0.3, 0.4) is 0 Å². The van der Waals surface area contributed by atoms with E-state index in [4.69, 9.17) is 59.2 Å². The van der Waals surface area contributed by atoms with Crippen LogP contribution in [0.5, 0.6) is 0 Å². The number of nitrogens with zero attached hydrogens (tertiary/aromatic N) is 5. The first-order valence-corrected chi connectivity index (χ1v) is 1.12. The molecule has 0 aromatic carbocycles. The maximum atomic E-state index is 6.25. The molecule has 0 aliphatic rings. The average Bonchev–Trinajstić information content (AvgIpc) is 2.20. The minimum atomic E-state index is 0. The zero-order valence-corrected chi connectivity index (χ0v) is 8.11. The van der Waals surface area contributed by atoms with Crippen LogP contribution in [0.4, 0.5) is 0 Å². The molecule has 0 atom stereocenters. The molecule has 0 unspecified atom stereocenters. The van der Waals surface area contributed by atoms with Crippen LogP contribution in [0, 0.1) is 59.2 Å². The quantitative estimate of drug-likeness (QED) is 0.395. The Kier molecular flexibility index (Phi) is 10800. The summed E-state index contributed by atoms with van der Waals surface area (Å²) >= 11 is 0. The van der Waals surface area contributed by atoms with E-state index in [1.54, 1.807) is 0 Å². The minimum Gasteiger partial charge on any atom is -0.512 e. The van der Waals surface area contributed by atoms with E-state index in [1.165, 1.54) is 0 Å². The summed E-state index contributed by atoms with van der Waals surface area (Å²) in [5.74, 6) is 0. The molecular formula is C5CoLi2N5-5. The monoisotopic (exact) mass is 203 g/mol. The van der Waals surface area contributed by atoms with Gasteiger partial charge in [-0.3, -0.25) is 0 Å². The average molecular weight is 203 g/mol. The zero-order valence-electron chi connectivity index (χ0n) is 7.07. The Morgan fingerprint density at radius 2 is 0.385 bits per heavy atom. The van der Waals surface area contributed by atoms with Crippen molar-refractivity contribution in [2.24, 2.45) is 0 Å². The van der Waals surface area contributed by atoms with Crippen molar-refractivity contribution in [3.8, 4) is 0 Å². The van der Waals surface area contributed by atoms with Crippen LogP contribution in [0.1, 0.15) is 0 Å². The number of hydrogen-bond donors (Lipinski definition) is 0. The molecule has 0 bridgehead atoms. The molecule has 0 spiro atoms. The molecule has 0 aliphatic heterocycles. The SMILES string of the molecule is [C-]#N.[C-]#N.[C-]#N.[C-]#N.[C-]#N.[Co].[Li].[Li]. The van der Waals surface area contributed by atoms with E-state index < -0.39 is 0 Å². The van der Waals surface area contributed by atoms with Gasteiger partial charge in [0.1, 0.15) is 0 Å². The first-order chi connectivity index (χ1) is 5.00. The summed E-state index contributed by atoms with van der Waals surface area (Å²) in [5, 5.41) is 31.2. The fourth-order valence-corrected chi connectivity index (χ4v) is 0. The Morgan fingerprint density at radius 1 is 0.385 bits per heavy atom. The van der Waals surface area contributed by atoms with Crippen molar-refractivity contribution < 1.29 is 16.8 Å². The van der Waals surface area contributed by atoms with Gasteiger partial charge in [0.2, 0.25) is 0 Å². The normalized spacial score (nSPS) is 0.769. The Hall–Kier alpha value is -0.849. The maximum absolute atomic E-state index is 6.25. The predicted octanol–water partition coefficient (Wildman–Crippen LogP) is -0.282. The molecule has 0 N–H and O–H groups in total. The second kappa shape index (κ2) is 1600. The van der Waals surface area contributed by atoms with Crippen LogP contribution in [0.15, 0.2) is 0 Å². The molecule has 13 heavy (non-hydrogen) atoms. The fraction of sp³-hybridized carbons (Fsp3) is 0. The molecule has 0 rings (SSSR count). The summed E-state index contributed by atoms with van der Waals surface area (Å²) in [6, 6.07) is 0. The Bertz CT molecular complexity index is 81.5. The van der Waals surface area contributed by atoms with Crippen molar-refractivity contribution in [3.63, 3.8) is 0 Å². The zero-order chi connectivity index (χ0) is 10.0. The summed E-state index contributed by atoms with van der Waals surface area (Å²) in [7, 11) is 0. The van der Waals surface area contributed by atoms with E-state index in [2.05, 4.69) is 0 Å². The van der Waals surface area contributed by atoms with Crippen molar-refractivity contribution in [1.82, 2.24) is 0 Å². The number of hydrogen-bond acceptors (Lipinski definition) is 5. The van der Waals surface area contributed by atoms with Crippen molar-refractivity contribution >= 4 is 37.7 Å². The van der Waals surface area contributed by atoms with Crippen LogP contribution in [0.2, 0.25) is 0 Å². The number of rotatable bonds is 0. The predicted molar refractivity (Wildman–Crippen MR) is 36.3 cm³/mol. The van der Waals surface area contributed by atoms with Gasteiger partial charge in [-0.15, -0.1) is 0 Å². The smallest absolute Gasteiger partial charge is 0 e. The van der Waals surface area contributed by atoms with Crippen molar-refractivity contribution in [2.45, 2.75) is 0 Å². The molecule has 5 nitrogen and oxygen atoms in total. The van der Waals surface area contributed by atoms with Crippen molar-refractivity contribution in [1.29, 1.82) is 26.3 Å². The van der Waals surface area contributed by atoms with Crippen LogP contribution in [-0.2, 0) is 16.8 Å². The summed E-state index contributed by atoms with van der Waals surface area (Å²) in [6.07, 6.45) is 0. The Balaban J connectivity index is -0.00000000379. The van der Waals surface area contributed by atoms with Gasteiger partial charge in [0.05, 0.1) is 0 Å². The van der Waals surface area contributed by atoms with Crippen molar-refractivity contribution in [2.75, 3.05) is 0 Å². The van der Waals surface area contributed by atoms with E-state index in [-0.39, 0.29) is 54.5 Å². The molecule has 3 radical (unpaired) electrons. The first kappa shape index (κ1) is 87.7. The van der Waals surface area contributed by atoms with Gasteiger partial charge < -0.3 is 59.2 Å². The molecular weight excluding hydrogens is 203 g/mol. The third-order valence-corrected chi connectivity index (χ3v) is 0. The summed E-state index contributed by atoms with van der Waals surface area (Å²) in [4.78, 5) is 0. The van der Waals surface area contributed by atoms with Crippen LogP contribution >= 0.6 is 0 Å². The topological polar surface area (TPSA) is 119 Å². The molecule has 0 aromatic rings. The fourth-order valence-electron chi connectivity index (χ4n) is 0. The van der Waals surface area contributed by atoms with Gasteiger partial charge in [0, 0.05) is 54.5 Å². The van der Waals surface area contributed by atoms with Crippen LogP contribution in [0.25, 0.3) is 0 Å². The second-order valence-electron chi connectivity index (χ2n) is 0. The molecule has 0 amide bonds. The van der Waals surface area contributed by atoms with Gasteiger partial charge >= 0.3 is 0 Å². The van der Waals surface area contributed by atoms with E-state index in [1.807, 2.05) is 0 Å². The Labute approximate surface area is 113 Å². The third-order valence-electron chi connectivity index (χ3n) is 0. The molecule has 8 heteroatoms. The van der Waals surface area contributed by atoms with E-state index in [0.29, 0.717) is 0 Å². The van der Waals surface area contributed by atoms with Gasteiger partial charge in [-0.05, 0) is 0 Å². The van der Waals surface area contributed by atoms with E-state index >= 15 is 0 Å². The first-order valence-electron chi connectivity index (χ1n) is 1.12. The molecule has 0 aliphatic carbocycles. The summed E-state index contributed by atoms with van der Waals surface area (Å²) < 4.78 is 0. The molecule has 0 fully saturated rings. The molecule has 0 aromatic heterocycles. The van der Waals surface area contributed by atoms with Crippen molar-refractivity contribution in [3.05, 3.63) is 32.9 Å². The standard InChI is InChI=1S/5CN.Co.2Li/c5*1-2;;;/q5*-1;;;. The van der Waals surface area contributed by atoms with E-state index in [9.17, 15) is 0 Å². The second-order valence-corrected chi connectivity index (χ2v) is 0. The van der Waals surface area contributed by atoms with E-state index in [0.717, 1.165) is 0 Å². The van der Waals surface area contributed by atoms with Gasteiger partial charge in [-0.1, -0.05) is 0 Å². The largest absolute Gasteiger partial charge is 0.512 e. The van der Waals surface area contributed by atoms with Gasteiger partial charge in [0.15, 0.2) is 0 Å². The van der Waals surface area contributed by atoms with Gasteiger partial charge in [-0.2, -0.15) is 0 Å². The minimum absolute atomic E-state index is 0. The molecule has 0 heterocycles. The van der Waals surface area contributed by atoms with Crippen LogP contribution < -0.4 is 0 Å². The molecule has 0 saturated heterocycles. The van der Waals surface area contributed by atoms with Crippen LogP contribution in [-0.4, -0.2) is 37.7 Å². The van der Waals surface area contributed by atoms with Gasteiger partial charge in [-0.25, -0.2) is 0 Å². The van der Waals surface area contributed by atoms with Gasteiger partial charge in [0.25, 0.3) is 0 Å². The summed E-state index contributed by atoms with van der Waals surface area (Å²) in [6.45, 7) is 23.8. The molecule has 61 valence electrons.